The molecule has 0 spiro atoms. The molecule has 0 saturated carbocycles. The number of aliphatic hydroxyl groups is 1. The summed E-state index contributed by atoms with van der Waals surface area (Å²) in [6.45, 7) is 6.19. The minimum Gasteiger partial charge on any atom is -0.381 e. The summed E-state index contributed by atoms with van der Waals surface area (Å²) in [6.07, 6.45) is -1.26. The Morgan fingerprint density at radius 2 is 1.76 bits per heavy atom. The van der Waals surface area contributed by atoms with E-state index in [-0.39, 0.29) is 24.1 Å². The fraction of sp³-hybridized carbons (Fsp3) is 0.345. The maximum absolute atomic E-state index is 13.7. The highest BCUT2D eigenvalue weighted by molar-refractivity contribution is 8.00. The number of nitrogens with zero attached hydrogens (tertiary/aromatic N) is 1. The van der Waals surface area contributed by atoms with Crippen molar-refractivity contribution in [2.24, 2.45) is 0 Å². The molecule has 1 aliphatic rings. The molecule has 1 aliphatic heterocycles. The third-order valence-electron chi connectivity index (χ3n) is 6.79. The van der Waals surface area contributed by atoms with Gasteiger partial charge in [-0.15, -0.1) is 23.1 Å². The molecule has 3 aromatic rings. The fourth-order valence-electron chi connectivity index (χ4n) is 4.60. The number of amides is 3. The van der Waals surface area contributed by atoms with E-state index in [0.29, 0.717) is 11.4 Å². The van der Waals surface area contributed by atoms with Crippen LogP contribution in [0.4, 0.5) is 0 Å². The summed E-state index contributed by atoms with van der Waals surface area (Å²) in [5, 5.41) is 19.0. The molecule has 3 unspecified atom stereocenters. The normalized spacial score (nSPS) is 18.0. The Morgan fingerprint density at radius 3 is 2.45 bits per heavy atom. The molecule has 3 amide bonds. The van der Waals surface area contributed by atoms with Crippen LogP contribution >= 0.6 is 23.1 Å². The van der Waals surface area contributed by atoms with Crippen molar-refractivity contribution < 1.29 is 19.5 Å². The van der Waals surface area contributed by atoms with Crippen molar-refractivity contribution in [2.75, 3.05) is 5.88 Å². The first-order valence-corrected chi connectivity index (χ1v) is 14.4. The molecule has 1 fully saturated rings. The molecule has 200 valence electrons. The number of carbonyl (C=O) groups is 3. The van der Waals surface area contributed by atoms with Crippen LogP contribution in [-0.4, -0.2) is 56.5 Å². The number of nitrogens with one attached hydrogen (secondary N) is 2. The molecule has 0 bridgehead atoms. The quantitative estimate of drug-likeness (QED) is 0.376. The first kappa shape index (κ1) is 27.9. The van der Waals surface area contributed by atoms with Gasteiger partial charge >= 0.3 is 0 Å². The minimum atomic E-state index is -1.53. The van der Waals surface area contributed by atoms with E-state index < -0.39 is 28.8 Å². The van der Waals surface area contributed by atoms with Crippen molar-refractivity contribution in [2.45, 2.75) is 56.7 Å². The molecule has 1 saturated heterocycles. The molecular weight excluding hydrogens is 518 g/mol. The SMILES string of the molecule is Cc1ccccc1CNC(=O)C1N(C(=O)C(O)C(Cc2ccccc2)NC(=O)c2cccs2)CSC1(C)C. The number of rotatable bonds is 9. The van der Waals surface area contributed by atoms with Gasteiger partial charge < -0.3 is 20.6 Å². The number of aliphatic hydroxyl groups excluding tert-OH is 1. The highest BCUT2D eigenvalue weighted by Crippen LogP contribution is 2.40. The molecule has 1 aromatic heterocycles. The zero-order valence-electron chi connectivity index (χ0n) is 21.7. The maximum Gasteiger partial charge on any atom is 0.261 e. The lowest BCUT2D eigenvalue weighted by Crippen LogP contribution is -2.58. The number of hydrogen-bond acceptors (Lipinski definition) is 6. The number of thiophene rings is 1. The summed E-state index contributed by atoms with van der Waals surface area (Å²) in [4.78, 5) is 41.9. The molecule has 9 heteroatoms. The van der Waals surface area contributed by atoms with Crippen LogP contribution < -0.4 is 10.6 Å². The van der Waals surface area contributed by atoms with Gasteiger partial charge in [0.25, 0.3) is 11.8 Å². The van der Waals surface area contributed by atoms with Crippen LogP contribution in [0.25, 0.3) is 0 Å². The van der Waals surface area contributed by atoms with Gasteiger partial charge in [0.15, 0.2) is 6.10 Å². The molecular formula is C29H33N3O4S2. The van der Waals surface area contributed by atoms with E-state index in [1.165, 1.54) is 28.0 Å². The zero-order valence-corrected chi connectivity index (χ0v) is 23.4. The highest BCUT2D eigenvalue weighted by atomic mass is 32.2. The van der Waals surface area contributed by atoms with Crippen LogP contribution in [0.3, 0.4) is 0 Å². The number of thioether (sulfide) groups is 1. The lowest BCUT2D eigenvalue weighted by molar-refractivity contribution is -0.147. The second-order valence-electron chi connectivity index (χ2n) is 9.92. The molecule has 2 heterocycles. The summed E-state index contributed by atoms with van der Waals surface area (Å²) in [5.74, 6) is -0.934. The van der Waals surface area contributed by atoms with E-state index in [4.69, 9.17) is 0 Å². The summed E-state index contributed by atoms with van der Waals surface area (Å²) in [7, 11) is 0. The van der Waals surface area contributed by atoms with E-state index in [1.54, 1.807) is 17.5 Å². The summed E-state index contributed by atoms with van der Waals surface area (Å²) in [6, 6.07) is 19.0. The monoisotopic (exact) mass is 551 g/mol. The Labute approximate surface area is 231 Å². The third kappa shape index (κ3) is 6.46. The van der Waals surface area contributed by atoms with E-state index in [9.17, 15) is 19.5 Å². The predicted molar refractivity (Wildman–Crippen MR) is 152 cm³/mol. The van der Waals surface area contributed by atoms with Crippen molar-refractivity contribution >= 4 is 40.8 Å². The van der Waals surface area contributed by atoms with Gasteiger partial charge in [0, 0.05) is 11.3 Å². The smallest absolute Gasteiger partial charge is 0.261 e. The number of hydrogen-bond donors (Lipinski definition) is 3. The minimum absolute atomic E-state index is 0.263. The Hall–Kier alpha value is -3.14. The molecule has 0 radical (unpaired) electrons. The topological polar surface area (TPSA) is 98.7 Å². The Morgan fingerprint density at radius 1 is 1.05 bits per heavy atom. The van der Waals surface area contributed by atoms with E-state index in [0.717, 1.165) is 16.7 Å². The summed E-state index contributed by atoms with van der Waals surface area (Å²) >= 11 is 2.78. The Kier molecular flexibility index (Phi) is 8.91. The van der Waals surface area contributed by atoms with Gasteiger partial charge in [-0.3, -0.25) is 14.4 Å². The van der Waals surface area contributed by atoms with Crippen LogP contribution in [0.2, 0.25) is 0 Å². The first-order chi connectivity index (χ1) is 18.2. The molecule has 4 rings (SSSR count). The van der Waals surface area contributed by atoms with Crippen LogP contribution in [-0.2, 0) is 22.6 Å². The summed E-state index contributed by atoms with van der Waals surface area (Å²) in [5.41, 5.74) is 2.95. The number of aryl methyl sites for hydroxylation is 1. The van der Waals surface area contributed by atoms with Gasteiger partial charge in [-0.05, 0) is 55.3 Å². The van der Waals surface area contributed by atoms with Gasteiger partial charge in [-0.2, -0.15) is 0 Å². The van der Waals surface area contributed by atoms with Gasteiger partial charge in [-0.1, -0.05) is 60.7 Å². The molecule has 3 N–H and O–H groups in total. The number of carbonyl (C=O) groups excluding carboxylic acids is 3. The third-order valence-corrected chi connectivity index (χ3v) is 9.03. The van der Waals surface area contributed by atoms with Crippen molar-refractivity contribution in [1.82, 2.24) is 15.5 Å². The molecule has 2 aromatic carbocycles. The van der Waals surface area contributed by atoms with E-state index in [2.05, 4.69) is 10.6 Å². The van der Waals surface area contributed by atoms with Crippen LogP contribution in [0.5, 0.6) is 0 Å². The second kappa shape index (κ2) is 12.1. The van der Waals surface area contributed by atoms with Crippen molar-refractivity contribution in [1.29, 1.82) is 0 Å². The van der Waals surface area contributed by atoms with Gasteiger partial charge in [0.1, 0.15) is 6.04 Å². The van der Waals surface area contributed by atoms with Gasteiger partial charge in [0.05, 0.1) is 16.8 Å². The van der Waals surface area contributed by atoms with Crippen molar-refractivity contribution in [3.05, 3.63) is 93.7 Å². The van der Waals surface area contributed by atoms with Gasteiger partial charge in [-0.25, -0.2) is 0 Å². The Balaban J connectivity index is 1.52. The van der Waals surface area contributed by atoms with E-state index in [1.807, 2.05) is 75.4 Å². The lowest BCUT2D eigenvalue weighted by Gasteiger charge is -2.33. The van der Waals surface area contributed by atoms with Crippen LogP contribution in [0, 0.1) is 6.92 Å². The fourth-order valence-corrected chi connectivity index (χ4v) is 6.37. The van der Waals surface area contributed by atoms with E-state index >= 15 is 0 Å². The summed E-state index contributed by atoms with van der Waals surface area (Å²) < 4.78 is -0.555. The average Bonchev–Trinajstić information content (AvgIpc) is 3.55. The largest absolute Gasteiger partial charge is 0.381 e. The average molecular weight is 552 g/mol. The highest BCUT2D eigenvalue weighted by Gasteiger charge is 2.49. The Bertz CT molecular complexity index is 1260. The molecule has 38 heavy (non-hydrogen) atoms. The van der Waals surface area contributed by atoms with Crippen molar-refractivity contribution in [3.8, 4) is 0 Å². The van der Waals surface area contributed by atoms with Crippen LogP contribution in [0.1, 0.15) is 40.2 Å². The second-order valence-corrected chi connectivity index (χ2v) is 12.5. The lowest BCUT2D eigenvalue weighted by atomic mass is 9.97. The predicted octanol–water partition coefficient (Wildman–Crippen LogP) is 3.76. The van der Waals surface area contributed by atoms with Crippen molar-refractivity contribution in [3.63, 3.8) is 0 Å². The molecule has 7 nitrogen and oxygen atoms in total. The molecule has 0 aliphatic carbocycles. The zero-order chi connectivity index (χ0) is 27.3. The molecule has 3 atom stereocenters. The number of benzene rings is 2. The maximum atomic E-state index is 13.7. The first-order valence-electron chi connectivity index (χ1n) is 12.5. The standard InChI is InChI=1S/C29H33N3O4S2/c1-19-10-7-8-13-21(19)17-30-27(35)25-29(2,3)38-18-32(25)28(36)24(33)22(16-20-11-5-4-6-12-20)31-26(34)23-14-9-15-37-23/h4-15,22,24-25,33H,16-18H2,1-3H3,(H,30,35)(H,31,34). The van der Waals surface area contributed by atoms with Gasteiger partial charge in [0.2, 0.25) is 5.91 Å². The van der Waals surface area contributed by atoms with Crippen LogP contribution in [0.15, 0.2) is 72.1 Å².